The van der Waals surface area contributed by atoms with E-state index in [1.54, 1.807) is 4.68 Å². The SMILES string of the molecule is CCN(C)c1ccccc1NC(=O)NC[C@@H](c1cnn(C)c1)N(C)C. The molecule has 1 heterocycles. The number of carbonyl (C=O) groups excluding carboxylic acids is 1. The van der Waals surface area contributed by atoms with Gasteiger partial charge in [0.1, 0.15) is 0 Å². The number of nitrogens with one attached hydrogen (secondary N) is 2. The molecule has 136 valence electrons. The van der Waals surface area contributed by atoms with Crippen LogP contribution in [0, 0.1) is 0 Å². The fourth-order valence-corrected chi connectivity index (χ4v) is 2.65. The number of nitrogens with zero attached hydrogens (tertiary/aromatic N) is 4. The lowest BCUT2D eigenvalue weighted by atomic mass is 10.1. The number of amides is 2. The maximum atomic E-state index is 12.4. The molecule has 1 aromatic heterocycles. The zero-order valence-electron chi connectivity index (χ0n) is 15.7. The van der Waals surface area contributed by atoms with E-state index in [9.17, 15) is 4.79 Å². The highest BCUT2D eigenvalue weighted by atomic mass is 16.2. The van der Waals surface area contributed by atoms with Crippen LogP contribution in [0.1, 0.15) is 18.5 Å². The Bertz CT molecular complexity index is 696. The molecule has 0 radical (unpaired) electrons. The summed E-state index contributed by atoms with van der Waals surface area (Å²) in [4.78, 5) is 16.5. The molecule has 0 spiro atoms. The van der Waals surface area contributed by atoms with Crippen LogP contribution in [0.4, 0.5) is 16.2 Å². The Kier molecular flexibility index (Phi) is 6.41. The number of hydrogen-bond donors (Lipinski definition) is 2. The third-order valence-corrected chi connectivity index (χ3v) is 4.23. The van der Waals surface area contributed by atoms with Crippen LogP contribution in [-0.2, 0) is 7.05 Å². The zero-order valence-corrected chi connectivity index (χ0v) is 15.7. The minimum Gasteiger partial charge on any atom is -0.373 e. The number of hydrogen-bond acceptors (Lipinski definition) is 4. The molecule has 0 saturated carbocycles. The summed E-state index contributed by atoms with van der Waals surface area (Å²) >= 11 is 0. The Balaban J connectivity index is 2.00. The van der Waals surface area contributed by atoms with E-state index in [0.29, 0.717) is 6.54 Å². The van der Waals surface area contributed by atoms with Gasteiger partial charge in [-0.15, -0.1) is 0 Å². The van der Waals surface area contributed by atoms with Gasteiger partial charge in [-0.05, 0) is 33.2 Å². The highest BCUT2D eigenvalue weighted by Gasteiger charge is 2.17. The van der Waals surface area contributed by atoms with Gasteiger partial charge in [-0.2, -0.15) is 5.10 Å². The van der Waals surface area contributed by atoms with Crippen molar-refractivity contribution in [2.45, 2.75) is 13.0 Å². The van der Waals surface area contributed by atoms with Crippen LogP contribution in [0.2, 0.25) is 0 Å². The van der Waals surface area contributed by atoms with Crippen molar-refractivity contribution in [1.29, 1.82) is 0 Å². The molecule has 1 aromatic carbocycles. The van der Waals surface area contributed by atoms with Crippen molar-refractivity contribution in [3.8, 4) is 0 Å². The van der Waals surface area contributed by atoms with Crippen molar-refractivity contribution in [3.63, 3.8) is 0 Å². The van der Waals surface area contributed by atoms with Gasteiger partial charge in [0.05, 0.1) is 23.6 Å². The molecule has 0 bridgehead atoms. The fraction of sp³-hybridized carbons (Fsp3) is 0.444. The van der Waals surface area contributed by atoms with E-state index in [1.165, 1.54) is 0 Å². The van der Waals surface area contributed by atoms with E-state index >= 15 is 0 Å². The van der Waals surface area contributed by atoms with Crippen molar-refractivity contribution in [2.24, 2.45) is 7.05 Å². The average Bonchev–Trinajstić information content (AvgIpc) is 3.00. The number of aromatic nitrogens is 2. The smallest absolute Gasteiger partial charge is 0.319 e. The molecule has 0 aliphatic carbocycles. The fourth-order valence-electron chi connectivity index (χ4n) is 2.65. The Morgan fingerprint density at radius 1 is 1.28 bits per heavy atom. The van der Waals surface area contributed by atoms with E-state index in [2.05, 4.69) is 32.5 Å². The van der Waals surface area contributed by atoms with E-state index in [4.69, 9.17) is 0 Å². The van der Waals surface area contributed by atoms with Gasteiger partial charge < -0.3 is 20.4 Å². The number of benzene rings is 1. The monoisotopic (exact) mass is 344 g/mol. The highest BCUT2D eigenvalue weighted by Crippen LogP contribution is 2.24. The summed E-state index contributed by atoms with van der Waals surface area (Å²) in [5.41, 5.74) is 2.86. The van der Waals surface area contributed by atoms with E-state index in [-0.39, 0.29) is 12.1 Å². The van der Waals surface area contributed by atoms with Gasteiger partial charge in [0, 0.05) is 38.9 Å². The molecule has 2 amide bonds. The lowest BCUT2D eigenvalue weighted by molar-refractivity contribution is 0.243. The number of para-hydroxylation sites is 2. The number of anilines is 2. The average molecular weight is 344 g/mol. The molecule has 0 unspecified atom stereocenters. The molecule has 0 saturated heterocycles. The number of carbonyl (C=O) groups is 1. The Morgan fingerprint density at radius 2 is 2.00 bits per heavy atom. The summed E-state index contributed by atoms with van der Waals surface area (Å²) in [6, 6.07) is 7.64. The van der Waals surface area contributed by atoms with Crippen LogP contribution in [0.15, 0.2) is 36.7 Å². The molecule has 0 aliphatic heterocycles. The zero-order chi connectivity index (χ0) is 18.4. The quantitative estimate of drug-likeness (QED) is 0.809. The normalized spacial score (nSPS) is 12.1. The van der Waals surface area contributed by atoms with Crippen molar-refractivity contribution in [2.75, 3.05) is 44.4 Å². The van der Waals surface area contributed by atoms with E-state index in [1.807, 2.05) is 64.8 Å². The number of rotatable bonds is 7. The lowest BCUT2D eigenvalue weighted by Gasteiger charge is -2.24. The van der Waals surface area contributed by atoms with Gasteiger partial charge >= 0.3 is 6.03 Å². The first-order valence-electron chi connectivity index (χ1n) is 8.42. The summed E-state index contributed by atoms with van der Waals surface area (Å²) in [6.45, 7) is 3.44. The van der Waals surface area contributed by atoms with Crippen LogP contribution >= 0.6 is 0 Å². The molecular weight excluding hydrogens is 316 g/mol. The predicted molar refractivity (Wildman–Crippen MR) is 102 cm³/mol. The van der Waals surface area contributed by atoms with Crippen molar-refractivity contribution in [1.82, 2.24) is 20.0 Å². The van der Waals surface area contributed by atoms with Gasteiger partial charge in [-0.3, -0.25) is 4.68 Å². The molecule has 7 nitrogen and oxygen atoms in total. The molecule has 2 N–H and O–H groups in total. The number of likely N-dealkylation sites (N-methyl/N-ethyl adjacent to an activating group) is 1. The van der Waals surface area contributed by atoms with Crippen LogP contribution < -0.4 is 15.5 Å². The highest BCUT2D eigenvalue weighted by molar-refractivity contribution is 5.93. The third kappa shape index (κ3) is 4.96. The van der Waals surface area contributed by atoms with Crippen molar-refractivity contribution < 1.29 is 4.79 Å². The van der Waals surface area contributed by atoms with Crippen LogP contribution in [0.5, 0.6) is 0 Å². The maximum absolute atomic E-state index is 12.4. The minimum atomic E-state index is -0.215. The Labute approximate surface area is 149 Å². The van der Waals surface area contributed by atoms with Crippen LogP contribution in [0.3, 0.4) is 0 Å². The van der Waals surface area contributed by atoms with Gasteiger partial charge in [0.25, 0.3) is 0 Å². The van der Waals surface area contributed by atoms with Gasteiger partial charge in [0.2, 0.25) is 0 Å². The van der Waals surface area contributed by atoms with Gasteiger partial charge in [0.15, 0.2) is 0 Å². The molecule has 2 aromatic rings. The van der Waals surface area contributed by atoms with E-state index < -0.39 is 0 Å². The summed E-state index contributed by atoms with van der Waals surface area (Å²) in [6.07, 6.45) is 3.80. The second-order valence-corrected chi connectivity index (χ2v) is 6.29. The topological polar surface area (TPSA) is 65.4 Å². The van der Waals surface area contributed by atoms with Crippen molar-refractivity contribution >= 4 is 17.4 Å². The molecular formula is C18H28N6O. The van der Waals surface area contributed by atoms with Crippen LogP contribution in [-0.4, -0.2) is 54.9 Å². The second kappa shape index (κ2) is 8.53. The Hall–Kier alpha value is -2.54. The standard InChI is InChI=1S/C18H28N6O/c1-6-23(4)16-10-8-7-9-15(16)21-18(25)19-12-17(22(2)3)14-11-20-24(5)13-14/h7-11,13,17H,6,12H2,1-5H3,(H2,19,21,25)/t17-/m0/s1. The number of aryl methyl sites for hydroxylation is 1. The molecule has 2 rings (SSSR count). The van der Waals surface area contributed by atoms with Gasteiger partial charge in [-0.1, -0.05) is 12.1 Å². The molecule has 0 fully saturated rings. The Morgan fingerprint density at radius 3 is 2.60 bits per heavy atom. The maximum Gasteiger partial charge on any atom is 0.319 e. The van der Waals surface area contributed by atoms with Crippen LogP contribution in [0.25, 0.3) is 0 Å². The first-order chi connectivity index (χ1) is 11.9. The van der Waals surface area contributed by atoms with Gasteiger partial charge in [-0.25, -0.2) is 4.79 Å². The summed E-state index contributed by atoms with van der Waals surface area (Å²) in [7, 11) is 7.87. The lowest BCUT2D eigenvalue weighted by Crippen LogP contribution is -2.37. The summed E-state index contributed by atoms with van der Waals surface area (Å²) < 4.78 is 1.77. The molecule has 7 heteroatoms. The summed E-state index contributed by atoms with van der Waals surface area (Å²) in [5, 5.41) is 10.1. The largest absolute Gasteiger partial charge is 0.373 e. The minimum absolute atomic E-state index is 0.0630. The third-order valence-electron chi connectivity index (χ3n) is 4.23. The van der Waals surface area contributed by atoms with E-state index in [0.717, 1.165) is 23.5 Å². The molecule has 1 atom stereocenters. The first-order valence-corrected chi connectivity index (χ1v) is 8.42. The second-order valence-electron chi connectivity index (χ2n) is 6.29. The molecule has 25 heavy (non-hydrogen) atoms. The predicted octanol–water partition coefficient (Wildman–Crippen LogP) is 2.30. The molecule has 0 aliphatic rings. The first kappa shape index (κ1) is 18.8. The van der Waals surface area contributed by atoms with Crippen molar-refractivity contribution in [3.05, 3.63) is 42.2 Å². The summed E-state index contributed by atoms with van der Waals surface area (Å²) in [5.74, 6) is 0. The number of urea groups is 1.